The van der Waals surface area contributed by atoms with Crippen LogP contribution < -0.4 is 11.5 Å². The topological polar surface area (TPSA) is 125 Å². The highest BCUT2D eigenvalue weighted by molar-refractivity contribution is 7.84. The zero-order valence-corrected chi connectivity index (χ0v) is 14.6. The van der Waals surface area contributed by atoms with Crippen molar-refractivity contribution in [1.82, 2.24) is 9.97 Å². The summed E-state index contributed by atoms with van der Waals surface area (Å²) >= 11 is 1.05. The number of rotatable bonds is 3. The molecule has 3 heterocycles. The molecule has 1 unspecified atom stereocenters. The van der Waals surface area contributed by atoms with Crippen LogP contribution in [0.3, 0.4) is 0 Å². The van der Waals surface area contributed by atoms with E-state index in [2.05, 4.69) is 9.97 Å². The molecule has 0 bridgehead atoms. The van der Waals surface area contributed by atoms with E-state index in [0.29, 0.717) is 27.3 Å². The van der Waals surface area contributed by atoms with E-state index >= 15 is 0 Å². The van der Waals surface area contributed by atoms with E-state index < -0.39 is 16.7 Å². The van der Waals surface area contributed by atoms with E-state index in [4.69, 9.17) is 15.9 Å². The quantitative estimate of drug-likeness (QED) is 0.532. The molecule has 4 N–H and O–H groups in total. The van der Waals surface area contributed by atoms with Crippen LogP contribution in [0, 0.1) is 0 Å². The lowest BCUT2D eigenvalue weighted by Crippen LogP contribution is -2.10. The van der Waals surface area contributed by atoms with Crippen molar-refractivity contribution in [3.05, 3.63) is 35.2 Å². The van der Waals surface area contributed by atoms with Crippen molar-refractivity contribution in [2.45, 2.75) is 5.16 Å². The lowest BCUT2D eigenvalue weighted by atomic mass is 10.2. The molecule has 4 aromatic rings. The van der Waals surface area contributed by atoms with E-state index in [0.717, 1.165) is 16.7 Å². The van der Waals surface area contributed by atoms with Gasteiger partial charge in [0.1, 0.15) is 21.0 Å². The highest BCUT2D eigenvalue weighted by Crippen LogP contribution is 2.39. The van der Waals surface area contributed by atoms with Crippen LogP contribution in [-0.2, 0) is 10.8 Å². The summed E-state index contributed by atoms with van der Waals surface area (Å²) in [5, 5.41) is 1.51. The number of hydrogen-bond acceptors (Lipinski definition) is 7. The number of anilines is 1. The van der Waals surface area contributed by atoms with Gasteiger partial charge in [0.25, 0.3) is 5.91 Å². The van der Waals surface area contributed by atoms with Gasteiger partial charge in [-0.2, -0.15) is 0 Å². The molecule has 4 rings (SSSR count). The molecule has 1 amide bonds. The predicted molar refractivity (Wildman–Crippen MR) is 97.9 cm³/mol. The van der Waals surface area contributed by atoms with Crippen LogP contribution in [0.4, 0.5) is 5.69 Å². The fourth-order valence-electron chi connectivity index (χ4n) is 2.59. The maximum Gasteiger partial charge on any atom is 0.260 e. The second-order valence-corrected chi connectivity index (χ2v) is 7.62. The molecular weight excluding hydrogens is 360 g/mol. The third-order valence-electron chi connectivity index (χ3n) is 3.71. The summed E-state index contributed by atoms with van der Waals surface area (Å²) in [5.74, 6) is -0.184. The minimum Gasteiger partial charge on any atom is -0.454 e. The van der Waals surface area contributed by atoms with Crippen LogP contribution in [0.5, 0.6) is 0 Å². The number of carbonyl (C=O) groups is 1. The molecule has 0 saturated carbocycles. The number of nitrogen functional groups attached to an aromatic ring is 1. The molecule has 3 aromatic heterocycles. The van der Waals surface area contributed by atoms with Gasteiger partial charge >= 0.3 is 0 Å². The van der Waals surface area contributed by atoms with Crippen molar-refractivity contribution < 1.29 is 13.4 Å². The maximum atomic E-state index is 11.9. The van der Waals surface area contributed by atoms with E-state index in [1.54, 1.807) is 0 Å². The largest absolute Gasteiger partial charge is 0.454 e. The molecule has 0 radical (unpaired) electrons. The Kier molecular flexibility index (Phi) is 3.55. The minimum atomic E-state index is -1.41. The van der Waals surface area contributed by atoms with Crippen LogP contribution in [0.15, 0.2) is 39.9 Å². The number of nitrogens with zero attached hydrogens (tertiary/aromatic N) is 2. The highest BCUT2D eigenvalue weighted by Gasteiger charge is 2.23. The molecule has 9 heteroatoms. The molecule has 1 aromatic carbocycles. The van der Waals surface area contributed by atoms with E-state index in [1.165, 1.54) is 6.26 Å². The first kappa shape index (κ1) is 15.7. The van der Waals surface area contributed by atoms with Crippen molar-refractivity contribution in [3.63, 3.8) is 0 Å². The Balaban J connectivity index is 2.09. The van der Waals surface area contributed by atoms with Gasteiger partial charge in [0.05, 0.1) is 21.9 Å². The van der Waals surface area contributed by atoms with Gasteiger partial charge in [0, 0.05) is 11.6 Å². The van der Waals surface area contributed by atoms with Crippen LogP contribution in [0.25, 0.3) is 32.6 Å². The SMILES string of the molecule is CS(=O)c1nc(-c2cc3ccccc3o2)c2c(N)c(C(N)=O)sc2n1. The third kappa shape index (κ3) is 2.48. The molecule has 0 aliphatic heterocycles. The zero-order chi connectivity index (χ0) is 17.7. The Morgan fingerprint density at radius 2 is 2.04 bits per heavy atom. The maximum absolute atomic E-state index is 11.9. The number of furan rings is 1. The van der Waals surface area contributed by atoms with Gasteiger partial charge < -0.3 is 15.9 Å². The van der Waals surface area contributed by atoms with Gasteiger partial charge in [-0.1, -0.05) is 18.2 Å². The third-order valence-corrected chi connectivity index (χ3v) is 5.52. The van der Waals surface area contributed by atoms with Crippen molar-refractivity contribution >= 4 is 54.9 Å². The molecule has 0 aliphatic rings. The van der Waals surface area contributed by atoms with Crippen molar-refractivity contribution in [2.75, 3.05) is 12.0 Å². The van der Waals surface area contributed by atoms with Gasteiger partial charge in [-0.05, 0) is 12.1 Å². The number of nitrogens with two attached hydrogens (primary N) is 2. The molecule has 7 nitrogen and oxygen atoms in total. The first-order valence-corrected chi connectivity index (χ1v) is 9.55. The highest BCUT2D eigenvalue weighted by atomic mass is 32.2. The van der Waals surface area contributed by atoms with Crippen molar-refractivity contribution in [1.29, 1.82) is 0 Å². The summed E-state index contributed by atoms with van der Waals surface area (Å²) < 4.78 is 17.8. The number of para-hydroxylation sites is 1. The lowest BCUT2D eigenvalue weighted by molar-refractivity contribution is 0.100. The van der Waals surface area contributed by atoms with E-state index in [-0.39, 0.29) is 15.7 Å². The molecule has 25 heavy (non-hydrogen) atoms. The second kappa shape index (κ2) is 5.64. The average Bonchev–Trinajstić information content (AvgIpc) is 3.15. The minimum absolute atomic E-state index is 0.139. The fraction of sp³-hybridized carbons (Fsp3) is 0.0625. The predicted octanol–water partition coefficient (Wildman–Crippen LogP) is 2.52. The monoisotopic (exact) mass is 372 g/mol. The molecule has 126 valence electrons. The Hall–Kier alpha value is -2.78. The summed E-state index contributed by atoms with van der Waals surface area (Å²) in [5.41, 5.74) is 12.8. The first-order valence-electron chi connectivity index (χ1n) is 7.18. The number of carbonyl (C=O) groups excluding carboxylic acids is 1. The number of aromatic nitrogens is 2. The fourth-order valence-corrected chi connectivity index (χ4v) is 4.04. The van der Waals surface area contributed by atoms with Crippen molar-refractivity contribution in [2.24, 2.45) is 5.73 Å². The molecule has 0 spiro atoms. The standard InChI is InChI=1S/C16H12N4O3S2/c1-25(22)16-19-12(9-6-7-4-2-3-5-8(7)23-9)10-11(17)13(14(18)21)24-15(10)20-16/h2-6H,17H2,1H3,(H2,18,21). The van der Waals surface area contributed by atoms with Gasteiger partial charge in [-0.25, -0.2) is 9.97 Å². The summed E-state index contributed by atoms with van der Waals surface area (Å²) in [6.07, 6.45) is 1.48. The molecule has 0 saturated heterocycles. The molecule has 0 aliphatic carbocycles. The number of amides is 1. The lowest BCUT2D eigenvalue weighted by Gasteiger charge is -2.03. The second-order valence-electron chi connectivity index (χ2n) is 5.35. The van der Waals surface area contributed by atoms with Crippen LogP contribution in [-0.4, -0.2) is 26.3 Å². The number of hydrogen-bond donors (Lipinski definition) is 2. The Morgan fingerprint density at radius 3 is 2.72 bits per heavy atom. The first-order chi connectivity index (χ1) is 12.0. The van der Waals surface area contributed by atoms with E-state index in [9.17, 15) is 9.00 Å². The number of fused-ring (bicyclic) bond motifs is 2. The Labute approximate surface area is 148 Å². The van der Waals surface area contributed by atoms with Crippen LogP contribution >= 0.6 is 11.3 Å². The molecule has 1 atom stereocenters. The molecular formula is C16H12N4O3S2. The number of primary amides is 1. The average molecular weight is 372 g/mol. The summed E-state index contributed by atoms with van der Waals surface area (Å²) in [4.78, 5) is 20.9. The van der Waals surface area contributed by atoms with Gasteiger partial charge in [-0.3, -0.25) is 9.00 Å². The van der Waals surface area contributed by atoms with Crippen molar-refractivity contribution in [3.8, 4) is 11.5 Å². The van der Waals surface area contributed by atoms with Gasteiger partial charge in [0.15, 0.2) is 5.76 Å². The number of thiophene rings is 1. The zero-order valence-electron chi connectivity index (χ0n) is 13.0. The van der Waals surface area contributed by atoms with Gasteiger partial charge in [0.2, 0.25) is 5.16 Å². The Morgan fingerprint density at radius 1 is 1.28 bits per heavy atom. The summed E-state index contributed by atoms with van der Waals surface area (Å²) in [6.45, 7) is 0. The smallest absolute Gasteiger partial charge is 0.260 e. The number of benzene rings is 1. The Bertz CT molecular complexity index is 1150. The summed E-state index contributed by atoms with van der Waals surface area (Å²) in [7, 11) is -1.41. The summed E-state index contributed by atoms with van der Waals surface area (Å²) in [6, 6.07) is 9.32. The van der Waals surface area contributed by atoms with Crippen LogP contribution in [0.2, 0.25) is 0 Å². The molecule has 0 fully saturated rings. The van der Waals surface area contributed by atoms with Crippen LogP contribution in [0.1, 0.15) is 9.67 Å². The van der Waals surface area contributed by atoms with Gasteiger partial charge in [-0.15, -0.1) is 11.3 Å². The van der Waals surface area contributed by atoms with E-state index in [1.807, 2.05) is 30.3 Å². The normalized spacial score (nSPS) is 12.7.